The number of ether oxygens (including phenoxy) is 1. The average Bonchev–Trinajstić information content (AvgIpc) is 3.01. The molecule has 1 amide bonds. The van der Waals surface area contributed by atoms with Crippen molar-refractivity contribution < 1.29 is 19.1 Å². The Balaban J connectivity index is 1.95. The Morgan fingerprint density at radius 3 is 2.86 bits per heavy atom. The second kappa shape index (κ2) is 6.41. The molecule has 0 fully saturated rings. The fraction of sp³-hybridized carbons (Fsp3) is 0.333. The highest BCUT2D eigenvalue weighted by Gasteiger charge is 2.26. The Labute approximate surface area is 122 Å². The van der Waals surface area contributed by atoms with Crippen molar-refractivity contribution in [1.82, 2.24) is 10.3 Å². The number of hydrogen-bond acceptors (Lipinski definition) is 5. The van der Waals surface area contributed by atoms with Crippen molar-refractivity contribution in [2.75, 3.05) is 13.2 Å². The smallest absolute Gasteiger partial charge is 0.252 e. The molecule has 6 heteroatoms. The molecule has 0 aliphatic carbocycles. The second-order valence-electron chi connectivity index (χ2n) is 4.75. The number of rotatable bonds is 6. The van der Waals surface area contributed by atoms with E-state index in [2.05, 4.69) is 10.3 Å². The summed E-state index contributed by atoms with van der Waals surface area (Å²) in [4.78, 5) is 16.0. The summed E-state index contributed by atoms with van der Waals surface area (Å²) in [7, 11) is 0. The van der Waals surface area contributed by atoms with E-state index < -0.39 is 5.60 Å². The number of carbonyl (C=O) groups excluding carboxylic acids is 1. The highest BCUT2D eigenvalue weighted by Crippen LogP contribution is 2.20. The number of nitrogens with one attached hydrogen (secondary N) is 1. The molecule has 21 heavy (non-hydrogen) atoms. The minimum Gasteiger partial charge on any atom is -0.478 e. The molecule has 0 spiro atoms. The van der Waals surface area contributed by atoms with Gasteiger partial charge in [-0.1, -0.05) is 0 Å². The number of hydrogen-bond donors (Lipinski definition) is 2. The van der Waals surface area contributed by atoms with Gasteiger partial charge < -0.3 is 19.6 Å². The van der Waals surface area contributed by atoms with E-state index >= 15 is 0 Å². The molecule has 2 aromatic rings. The first-order valence-electron chi connectivity index (χ1n) is 6.66. The molecule has 112 valence electrons. The van der Waals surface area contributed by atoms with E-state index in [4.69, 9.17) is 9.15 Å². The molecule has 0 bridgehead atoms. The zero-order valence-corrected chi connectivity index (χ0v) is 12.0. The highest BCUT2D eigenvalue weighted by molar-refractivity contribution is 5.93. The summed E-state index contributed by atoms with van der Waals surface area (Å²) in [6, 6.07) is 6.59. The van der Waals surface area contributed by atoms with Crippen molar-refractivity contribution in [2.24, 2.45) is 0 Å². The van der Waals surface area contributed by atoms with Gasteiger partial charge in [0.2, 0.25) is 5.88 Å². The minimum atomic E-state index is -1.27. The number of amides is 1. The summed E-state index contributed by atoms with van der Waals surface area (Å²) >= 11 is 0. The first-order chi connectivity index (χ1) is 10.0. The van der Waals surface area contributed by atoms with Crippen LogP contribution in [0.4, 0.5) is 0 Å². The number of aliphatic hydroxyl groups is 1. The Hall–Kier alpha value is -2.34. The maximum Gasteiger partial charge on any atom is 0.252 e. The molecule has 2 heterocycles. The van der Waals surface area contributed by atoms with Gasteiger partial charge >= 0.3 is 0 Å². The Bertz CT molecular complexity index is 576. The molecular formula is C15H18N2O4. The van der Waals surface area contributed by atoms with E-state index in [0.717, 1.165) is 0 Å². The molecule has 1 unspecified atom stereocenters. The predicted molar refractivity (Wildman–Crippen MR) is 76.0 cm³/mol. The van der Waals surface area contributed by atoms with Crippen LogP contribution in [-0.4, -0.2) is 29.1 Å². The zero-order valence-electron chi connectivity index (χ0n) is 12.0. The van der Waals surface area contributed by atoms with Crippen LogP contribution in [0.3, 0.4) is 0 Å². The van der Waals surface area contributed by atoms with Crippen molar-refractivity contribution in [3.05, 3.63) is 48.0 Å². The van der Waals surface area contributed by atoms with Gasteiger partial charge in [0.15, 0.2) is 0 Å². The number of pyridine rings is 1. The topological polar surface area (TPSA) is 84.6 Å². The van der Waals surface area contributed by atoms with Crippen LogP contribution in [0.5, 0.6) is 5.88 Å². The number of nitrogens with zero attached hydrogens (tertiary/aromatic N) is 1. The minimum absolute atomic E-state index is 0.0343. The molecule has 0 aliphatic rings. The van der Waals surface area contributed by atoms with Gasteiger partial charge in [0.05, 0.1) is 25.0 Å². The number of furan rings is 1. The first-order valence-corrected chi connectivity index (χ1v) is 6.66. The molecule has 2 aromatic heterocycles. The SMILES string of the molecule is CCOc1ccc(C(=O)NCC(C)(O)c2ccco2)cn1. The summed E-state index contributed by atoms with van der Waals surface area (Å²) in [5, 5.41) is 12.9. The maximum atomic E-state index is 12.0. The van der Waals surface area contributed by atoms with Crippen LogP contribution in [0.25, 0.3) is 0 Å². The average molecular weight is 290 g/mol. The molecule has 0 radical (unpaired) electrons. The van der Waals surface area contributed by atoms with Gasteiger partial charge in [-0.05, 0) is 32.0 Å². The van der Waals surface area contributed by atoms with Crippen LogP contribution in [-0.2, 0) is 5.60 Å². The van der Waals surface area contributed by atoms with Gasteiger partial charge in [0, 0.05) is 12.3 Å². The van der Waals surface area contributed by atoms with Crippen LogP contribution in [0.15, 0.2) is 41.1 Å². The third kappa shape index (κ3) is 3.82. The lowest BCUT2D eigenvalue weighted by atomic mass is 10.0. The van der Waals surface area contributed by atoms with E-state index in [-0.39, 0.29) is 12.5 Å². The third-order valence-corrected chi connectivity index (χ3v) is 2.94. The molecule has 6 nitrogen and oxygen atoms in total. The summed E-state index contributed by atoms with van der Waals surface area (Å²) in [5.74, 6) is 0.543. The lowest BCUT2D eigenvalue weighted by molar-refractivity contribution is 0.0330. The fourth-order valence-electron chi connectivity index (χ4n) is 1.77. The first kappa shape index (κ1) is 15.1. The summed E-state index contributed by atoms with van der Waals surface area (Å²) < 4.78 is 10.4. The molecular weight excluding hydrogens is 272 g/mol. The lowest BCUT2D eigenvalue weighted by Crippen LogP contribution is -2.38. The van der Waals surface area contributed by atoms with Crippen molar-refractivity contribution in [1.29, 1.82) is 0 Å². The number of carbonyl (C=O) groups is 1. The monoisotopic (exact) mass is 290 g/mol. The fourth-order valence-corrected chi connectivity index (χ4v) is 1.77. The quantitative estimate of drug-likeness (QED) is 0.846. The summed E-state index contributed by atoms with van der Waals surface area (Å²) in [6.45, 7) is 3.98. The second-order valence-corrected chi connectivity index (χ2v) is 4.75. The molecule has 2 N–H and O–H groups in total. The molecule has 0 aliphatic heterocycles. The van der Waals surface area contributed by atoms with Gasteiger partial charge in [-0.3, -0.25) is 4.79 Å². The van der Waals surface area contributed by atoms with Gasteiger partial charge in [-0.2, -0.15) is 0 Å². The summed E-state index contributed by atoms with van der Waals surface area (Å²) in [5.41, 5.74) is -0.869. The molecule has 0 aromatic carbocycles. The van der Waals surface area contributed by atoms with E-state index in [1.54, 1.807) is 31.2 Å². The van der Waals surface area contributed by atoms with Gasteiger partial charge in [0.25, 0.3) is 5.91 Å². The van der Waals surface area contributed by atoms with Crippen molar-refractivity contribution in [3.63, 3.8) is 0 Å². The largest absolute Gasteiger partial charge is 0.478 e. The molecule has 2 rings (SSSR count). The van der Waals surface area contributed by atoms with Crippen molar-refractivity contribution in [2.45, 2.75) is 19.4 Å². The van der Waals surface area contributed by atoms with Gasteiger partial charge in [-0.15, -0.1) is 0 Å². The normalized spacial score (nSPS) is 13.5. The Kier molecular flexibility index (Phi) is 4.59. The lowest BCUT2D eigenvalue weighted by Gasteiger charge is -2.21. The standard InChI is InChI=1S/C15H18N2O4/c1-3-20-13-7-6-11(9-16-13)14(18)17-10-15(2,19)12-5-4-8-21-12/h4-9,19H,3,10H2,1-2H3,(H,17,18). The Morgan fingerprint density at radius 2 is 2.29 bits per heavy atom. The van der Waals surface area contributed by atoms with Crippen LogP contribution in [0.1, 0.15) is 30.0 Å². The number of aromatic nitrogens is 1. The molecule has 0 saturated heterocycles. The summed E-state index contributed by atoms with van der Waals surface area (Å²) in [6.07, 6.45) is 2.91. The van der Waals surface area contributed by atoms with Crippen molar-refractivity contribution >= 4 is 5.91 Å². The van der Waals surface area contributed by atoms with E-state index in [1.807, 2.05) is 6.92 Å². The Morgan fingerprint density at radius 1 is 1.48 bits per heavy atom. The van der Waals surface area contributed by atoms with Gasteiger partial charge in [0.1, 0.15) is 11.4 Å². The third-order valence-electron chi connectivity index (χ3n) is 2.94. The van der Waals surface area contributed by atoms with Crippen LogP contribution in [0, 0.1) is 0 Å². The van der Waals surface area contributed by atoms with E-state index in [0.29, 0.717) is 23.8 Å². The van der Waals surface area contributed by atoms with Gasteiger partial charge in [-0.25, -0.2) is 4.98 Å². The van der Waals surface area contributed by atoms with Crippen LogP contribution in [0.2, 0.25) is 0 Å². The van der Waals surface area contributed by atoms with E-state index in [9.17, 15) is 9.90 Å². The highest BCUT2D eigenvalue weighted by atomic mass is 16.5. The predicted octanol–water partition coefficient (Wildman–Crippen LogP) is 1.71. The van der Waals surface area contributed by atoms with Crippen molar-refractivity contribution in [3.8, 4) is 5.88 Å². The molecule has 1 atom stereocenters. The zero-order chi connectivity index (χ0) is 15.3. The molecule has 0 saturated carbocycles. The van der Waals surface area contributed by atoms with E-state index in [1.165, 1.54) is 12.5 Å². The van der Waals surface area contributed by atoms with Crippen LogP contribution >= 0.6 is 0 Å². The van der Waals surface area contributed by atoms with Crippen LogP contribution < -0.4 is 10.1 Å². The maximum absolute atomic E-state index is 12.0.